The molecule has 0 spiro atoms. The van der Waals surface area contributed by atoms with Crippen LogP contribution in [-0.4, -0.2) is 35.1 Å². The third-order valence-electron chi connectivity index (χ3n) is 4.54. The molecule has 2 aromatic rings. The molecule has 0 aromatic heterocycles. The second-order valence-electron chi connectivity index (χ2n) is 6.48. The summed E-state index contributed by atoms with van der Waals surface area (Å²) in [7, 11) is 0. The van der Waals surface area contributed by atoms with Gasteiger partial charge in [0.05, 0.1) is 11.8 Å². The average molecular weight is 387 g/mol. The van der Waals surface area contributed by atoms with Crippen molar-refractivity contribution in [3.63, 3.8) is 0 Å². The van der Waals surface area contributed by atoms with Gasteiger partial charge in [0.15, 0.2) is 0 Å². The lowest BCUT2D eigenvalue weighted by molar-refractivity contribution is -0.122. The molecule has 0 saturated carbocycles. The fourth-order valence-corrected chi connectivity index (χ4v) is 3.90. The molecule has 3 N–H and O–H groups in total. The molecule has 1 aliphatic rings. The van der Waals surface area contributed by atoms with Gasteiger partial charge < -0.3 is 11.1 Å². The molecule has 1 saturated heterocycles. The maximum Gasteiger partial charge on any atom is 0.234 e. The van der Waals surface area contributed by atoms with Crippen molar-refractivity contribution in [2.75, 3.05) is 17.6 Å². The van der Waals surface area contributed by atoms with Crippen molar-refractivity contribution < 1.29 is 14.0 Å². The Bertz CT molecular complexity index is 813. The van der Waals surface area contributed by atoms with Crippen LogP contribution < -0.4 is 11.1 Å². The van der Waals surface area contributed by atoms with Gasteiger partial charge in [0.25, 0.3) is 0 Å². The number of hydrogen-bond acceptors (Lipinski definition) is 4. The summed E-state index contributed by atoms with van der Waals surface area (Å²) in [6, 6.07) is 13.4. The van der Waals surface area contributed by atoms with Crippen molar-refractivity contribution in [3.05, 3.63) is 59.9 Å². The zero-order valence-corrected chi connectivity index (χ0v) is 15.7. The second kappa shape index (κ2) is 9.01. The van der Waals surface area contributed by atoms with E-state index in [4.69, 9.17) is 5.73 Å². The molecule has 2 aromatic carbocycles. The van der Waals surface area contributed by atoms with Crippen LogP contribution >= 0.6 is 11.8 Å². The topological polar surface area (TPSA) is 75.4 Å². The van der Waals surface area contributed by atoms with Crippen LogP contribution in [0.4, 0.5) is 10.1 Å². The maximum atomic E-state index is 12.9. The van der Waals surface area contributed by atoms with E-state index in [0.29, 0.717) is 6.54 Å². The number of thioether (sulfide) groups is 1. The number of primary amides is 1. The lowest BCUT2D eigenvalue weighted by Crippen LogP contribution is -2.39. The number of halogens is 1. The van der Waals surface area contributed by atoms with E-state index in [-0.39, 0.29) is 29.4 Å². The summed E-state index contributed by atoms with van der Waals surface area (Å²) in [6.07, 6.45) is 1.72. The van der Waals surface area contributed by atoms with Gasteiger partial charge in [-0.25, -0.2) is 4.39 Å². The lowest BCUT2D eigenvalue weighted by Gasteiger charge is -2.23. The Morgan fingerprint density at radius 3 is 2.67 bits per heavy atom. The summed E-state index contributed by atoms with van der Waals surface area (Å²) in [6.45, 7) is 1.38. The fourth-order valence-electron chi connectivity index (χ4n) is 3.20. The molecule has 0 bridgehead atoms. The minimum Gasteiger partial charge on any atom is -0.368 e. The van der Waals surface area contributed by atoms with Crippen LogP contribution in [0.1, 0.15) is 18.4 Å². The molecule has 0 aliphatic carbocycles. The van der Waals surface area contributed by atoms with E-state index < -0.39 is 0 Å². The largest absolute Gasteiger partial charge is 0.368 e. The Morgan fingerprint density at radius 2 is 1.93 bits per heavy atom. The van der Waals surface area contributed by atoms with Crippen molar-refractivity contribution >= 4 is 29.3 Å². The number of nitrogens with two attached hydrogens (primary N) is 1. The first-order chi connectivity index (χ1) is 13.0. The van der Waals surface area contributed by atoms with Crippen molar-refractivity contribution in [1.29, 1.82) is 0 Å². The number of benzene rings is 2. The second-order valence-corrected chi connectivity index (χ2v) is 7.53. The molecule has 0 radical (unpaired) electrons. The number of nitrogens with one attached hydrogen (secondary N) is 1. The molecule has 2 amide bonds. The third kappa shape index (κ3) is 5.30. The van der Waals surface area contributed by atoms with Gasteiger partial charge >= 0.3 is 0 Å². The third-order valence-corrected chi connectivity index (χ3v) is 5.55. The van der Waals surface area contributed by atoms with Crippen molar-refractivity contribution in [3.8, 4) is 0 Å². The van der Waals surface area contributed by atoms with Gasteiger partial charge in [-0.05, 0) is 55.3 Å². The number of para-hydroxylation sites is 1. The quantitative estimate of drug-likeness (QED) is 0.716. The maximum absolute atomic E-state index is 12.9. The monoisotopic (exact) mass is 387 g/mol. The number of hydrogen-bond donors (Lipinski definition) is 2. The fraction of sp³-hybridized carbons (Fsp3) is 0.300. The Kier molecular flexibility index (Phi) is 6.47. The standard InChI is InChI=1S/C20H22FN3O2S/c21-15-7-9-16(10-8-15)27-13-19(25)23-17-5-2-1-4-14(17)12-24-11-3-6-18(24)20(22)26/h1-2,4-5,7-10,18H,3,6,11-13H2,(H2,22,26)(H,23,25). The summed E-state index contributed by atoms with van der Waals surface area (Å²) < 4.78 is 12.9. The molecule has 1 fully saturated rings. The van der Waals surface area contributed by atoms with Crippen molar-refractivity contribution in [1.82, 2.24) is 4.90 Å². The van der Waals surface area contributed by atoms with Crippen molar-refractivity contribution in [2.24, 2.45) is 5.73 Å². The van der Waals surface area contributed by atoms with E-state index in [0.717, 1.165) is 35.5 Å². The Hall–Kier alpha value is -2.38. The highest BCUT2D eigenvalue weighted by Crippen LogP contribution is 2.24. The number of anilines is 1. The van der Waals surface area contributed by atoms with Gasteiger partial charge in [-0.2, -0.15) is 0 Å². The SMILES string of the molecule is NC(=O)C1CCCN1Cc1ccccc1NC(=O)CSc1ccc(F)cc1. The zero-order chi connectivity index (χ0) is 19.2. The zero-order valence-electron chi connectivity index (χ0n) is 14.9. The highest BCUT2D eigenvalue weighted by atomic mass is 32.2. The van der Waals surface area contributed by atoms with Crippen LogP contribution in [0.2, 0.25) is 0 Å². The van der Waals surface area contributed by atoms with E-state index >= 15 is 0 Å². The molecular weight excluding hydrogens is 365 g/mol. The Balaban J connectivity index is 1.60. The summed E-state index contributed by atoms with van der Waals surface area (Å²) in [5.41, 5.74) is 7.17. The normalized spacial score (nSPS) is 17.0. The summed E-state index contributed by atoms with van der Waals surface area (Å²) in [5, 5.41) is 2.93. The van der Waals surface area contributed by atoms with Gasteiger partial charge in [-0.3, -0.25) is 14.5 Å². The summed E-state index contributed by atoms with van der Waals surface area (Å²) >= 11 is 1.35. The number of likely N-dealkylation sites (tertiary alicyclic amines) is 1. The number of carbonyl (C=O) groups is 2. The molecule has 142 valence electrons. The molecule has 3 rings (SSSR count). The highest BCUT2D eigenvalue weighted by molar-refractivity contribution is 8.00. The van der Waals surface area contributed by atoms with Gasteiger partial charge in [-0.15, -0.1) is 11.8 Å². The van der Waals surface area contributed by atoms with E-state index in [1.165, 1.54) is 23.9 Å². The first-order valence-corrected chi connectivity index (χ1v) is 9.81. The minimum atomic E-state index is -0.301. The first kappa shape index (κ1) is 19.4. The Labute approximate surface area is 162 Å². The van der Waals surface area contributed by atoms with Crippen LogP contribution in [0.3, 0.4) is 0 Å². The molecule has 7 heteroatoms. The van der Waals surface area contributed by atoms with Crippen molar-refractivity contribution in [2.45, 2.75) is 30.3 Å². The summed E-state index contributed by atoms with van der Waals surface area (Å²) in [4.78, 5) is 26.8. The average Bonchev–Trinajstić information content (AvgIpc) is 3.11. The Morgan fingerprint density at radius 1 is 1.19 bits per heavy atom. The van der Waals surface area contributed by atoms with Gasteiger partial charge in [0, 0.05) is 17.1 Å². The van der Waals surface area contributed by atoms with Gasteiger partial charge in [0.1, 0.15) is 5.82 Å². The minimum absolute atomic E-state index is 0.135. The van der Waals surface area contributed by atoms with Crippen LogP contribution in [0.5, 0.6) is 0 Å². The molecule has 1 heterocycles. The van der Waals surface area contributed by atoms with Crippen LogP contribution in [-0.2, 0) is 16.1 Å². The first-order valence-electron chi connectivity index (χ1n) is 8.82. The smallest absolute Gasteiger partial charge is 0.234 e. The van der Waals surface area contributed by atoms with E-state index in [1.807, 2.05) is 24.3 Å². The number of nitrogens with zero attached hydrogens (tertiary/aromatic N) is 1. The van der Waals surface area contributed by atoms with E-state index in [1.54, 1.807) is 12.1 Å². The van der Waals surface area contributed by atoms with Crippen LogP contribution in [0, 0.1) is 5.82 Å². The number of rotatable bonds is 7. The molecule has 1 atom stereocenters. The molecule has 27 heavy (non-hydrogen) atoms. The predicted molar refractivity (Wildman–Crippen MR) is 105 cm³/mol. The van der Waals surface area contributed by atoms with E-state index in [9.17, 15) is 14.0 Å². The molecule has 1 unspecified atom stereocenters. The van der Waals surface area contributed by atoms with Crippen LogP contribution in [0.25, 0.3) is 0 Å². The molecular formula is C20H22FN3O2S. The van der Waals surface area contributed by atoms with Gasteiger partial charge in [-0.1, -0.05) is 18.2 Å². The van der Waals surface area contributed by atoms with Crippen LogP contribution in [0.15, 0.2) is 53.4 Å². The van der Waals surface area contributed by atoms with E-state index in [2.05, 4.69) is 10.2 Å². The summed E-state index contributed by atoms with van der Waals surface area (Å²) in [5.74, 6) is -0.503. The lowest BCUT2D eigenvalue weighted by atomic mass is 10.1. The molecule has 1 aliphatic heterocycles. The number of carbonyl (C=O) groups excluding carboxylic acids is 2. The number of amides is 2. The predicted octanol–water partition coefficient (Wildman–Crippen LogP) is 3.01. The van der Waals surface area contributed by atoms with Gasteiger partial charge in [0.2, 0.25) is 11.8 Å². The molecule has 5 nitrogen and oxygen atoms in total. The highest BCUT2D eigenvalue weighted by Gasteiger charge is 2.29.